The molecule has 0 spiro atoms. The van der Waals surface area contributed by atoms with Crippen LogP contribution in [0.25, 0.3) is 10.2 Å². The lowest BCUT2D eigenvalue weighted by Crippen LogP contribution is -2.20. The predicted octanol–water partition coefficient (Wildman–Crippen LogP) is 2.00. The van der Waals surface area contributed by atoms with Gasteiger partial charge in [-0.2, -0.15) is 0 Å². The Morgan fingerprint density at radius 3 is 3.09 bits per heavy atom. The molecule has 2 aromatic heterocycles. The normalized spacial score (nSPS) is 21.4. The number of carbonyl (C=O) groups is 1. The summed E-state index contributed by atoms with van der Waals surface area (Å²) in [5.41, 5.74) is 6.46. The van der Waals surface area contributed by atoms with Gasteiger partial charge in [0.1, 0.15) is 17.0 Å². The van der Waals surface area contributed by atoms with Crippen LogP contribution in [0.15, 0.2) is 6.33 Å². The van der Waals surface area contributed by atoms with Crippen molar-refractivity contribution in [1.82, 2.24) is 9.97 Å². The number of nitrogens with two attached hydrogens (primary N) is 1. The van der Waals surface area contributed by atoms with E-state index in [4.69, 9.17) is 10.5 Å². The summed E-state index contributed by atoms with van der Waals surface area (Å²) in [5.74, 6) is 0.831. The van der Waals surface area contributed by atoms with Gasteiger partial charge in [-0.05, 0) is 31.7 Å². The van der Waals surface area contributed by atoms with Crippen molar-refractivity contribution in [2.75, 3.05) is 18.5 Å². The quantitative estimate of drug-likeness (QED) is 0.879. The van der Waals surface area contributed by atoms with Crippen LogP contribution in [-0.2, 0) is 9.53 Å². The van der Waals surface area contributed by atoms with Crippen molar-refractivity contribution in [3.63, 3.8) is 0 Å². The van der Waals surface area contributed by atoms with E-state index in [1.807, 2.05) is 0 Å². The Morgan fingerprint density at radius 1 is 1.50 bits per heavy atom. The van der Waals surface area contributed by atoms with Crippen LogP contribution >= 0.6 is 11.3 Å². The van der Waals surface area contributed by atoms with Crippen LogP contribution in [0.2, 0.25) is 0 Å². The third kappa shape index (κ3) is 3.05. The number of rotatable bonds is 5. The Balaban J connectivity index is 1.66. The van der Waals surface area contributed by atoms with Crippen LogP contribution in [0.3, 0.4) is 0 Å². The maximum Gasteiger partial charge on any atom is 0.217 e. The Labute approximate surface area is 133 Å². The van der Waals surface area contributed by atoms with Gasteiger partial charge >= 0.3 is 0 Å². The summed E-state index contributed by atoms with van der Waals surface area (Å²) in [6.07, 6.45) is 2.93. The summed E-state index contributed by atoms with van der Waals surface area (Å²) < 4.78 is 5.72. The molecular formula is C15H20N4O2S. The smallest absolute Gasteiger partial charge is 0.217 e. The SMILES string of the molecule is Cc1sc2ncnc(NCC3CC(CC(N)=O)CO3)c2c1C. The number of amides is 1. The number of nitrogens with one attached hydrogen (secondary N) is 1. The molecule has 118 valence electrons. The second-order valence-electron chi connectivity index (χ2n) is 5.79. The highest BCUT2D eigenvalue weighted by molar-refractivity contribution is 7.18. The highest BCUT2D eigenvalue weighted by atomic mass is 32.1. The number of anilines is 1. The number of hydrogen-bond donors (Lipinski definition) is 2. The minimum atomic E-state index is -0.260. The molecular weight excluding hydrogens is 300 g/mol. The van der Waals surface area contributed by atoms with E-state index in [9.17, 15) is 4.79 Å². The molecule has 3 heterocycles. The van der Waals surface area contributed by atoms with Gasteiger partial charge in [0.25, 0.3) is 0 Å². The van der Waals surface area contributed by atoms with Gasteiger partial charge in [-0.25, -0.2) is 9.97 Å². The molecule has 0 saturated carbocycles. The average molecular weight is 320 g/mol. The number of hydrogen-bond acceptors (Lipinski definition) is 6. The van der Waals surface area contributed by atoms with Gasteiger partial charge in [-0.3, -0.25) is 4.79 Å². The zero-order chi connectivity index (χ0) is 15.7. The van der Waals surface area contributed by atoms with E-state index in [1.165, 1.54) is 10.4 Å². The molecule has 0 bridgehead atoms. The Bertz CT molecular complexity index is 700. The molecule has 1 amide bonds. The monoisotopic (exact) mass is 320 g/mol. The summed E-state index contributed by atoms with van der Waals surface area (Å²) in [7, 11) is 0. The first-order valence-corrected chi connectivity index (χ1v) is 8.20. The largest absolute Gasteiger partial charge is 0.376 e. The van der Waals surface area contributed by atoms with Gasteiger partial charge in [-0.15, -0.1) is 11.3 Å². The fraction of sp³-hybridized carbons (Fsp3) is 0.533. The number of aromatic nitrogens is 2. The molecule has 1 fully saturated rings. The van der Waals surface area contributed by atoms with Crippen LogP contribution in [0.1, 0.15) is 23.3 Å². The van der Waals surface area contributed by atoms with Crippen LogP contribution in [0, 0.1) is 19.8 Å². The molecule has 3 N–H and O–H groups in total. The van der Waals surface area contributed by atoms with Gasteiger partial charge in [0.2, 0.25) is 5.91 Å². The summed E-state index contributed by atoms with van der Waals surface area (Å²) in [4.78, 5) is 21.9. The minimum absolute atomic E-state index is 0.0920. The standard InChI is InChI=1S/C15H20N4O2S/c1-8-9(2)22-15-13(8)14(18-7-19-15)17-5-11-3-10(6-21-11)4-12(16)20/h7,10-11H,3-6H2,1-2H3,(H2,16,20)(H,17,18,19). The molecule has 2 unspecified atom stereocenters. The molecule has 3 rings (SSSR count). The molecule has 7 heteroatoms. The second-order valence-corrected chi connectivity index (χ2v) is 7.00. The van der Waals surface area contributed by atoms with Crippen LogP contribution in [0.5, 0.6) is 0 Å². The molecule has 1 aliphatic rings. The molecule has 1 aliphatic heterocycles. The maximum absolute atomic E-state index is 11.0. The number of carbonyl (C=O) groups excluding carboxylic acids is 1. The van der Waals surface area contributed by atoms with Crippen molar-refractivity contribution in [1.29, 1.82) is 0 Å². The van der Waals surface area contributed by atoms with Crippen LogP contribution in [-0.4, -0.2) is 35.1 Å². The Hall–Kier alpha value is -1.73. The van der Waals surface area contributed by atoms with Gasteiger partial charge in [-0.1, -0.05) is 0 Å². The van der Waals surface area contributed by atoms with Gasteiger partial charge < -0.3 is 15.8 Å². The van der Waals surface area contributed by atoms with Crippen molar-refractivity contribution in [3.05, 3.63) is 16.8 Å². The van der Waals surface area contributed by atoms with Crippen molar-refractivity contribution in [2.45, 2.75) is 32.8 Å². The van der Waals surface area contributed by atoms with E-state index in [-0.39, 0.29) is 17.9 Å². The number of primary amides is 1. The predicted molar refractivity (Wildman–Crippen MR) is 87.0 cm³/mol. The van der Waals surface area contributed by atoms with Crippen molar-refractivity contribution in [3.8, 4) is 0 Å². The van der Waals surface area contributed by atoms with E-state index in [0.29, 0.717) is 19.6 Å². The molecule has 6 nitrogen and oxygen atoms in total. The highest BCUT2D eigenvalue weighted by Crippen LogP contribution is 2.32. The van der Waals surface area contributed by atoms with Crippen molar-refractivity contribution in [2.24, 2.45) is 11.7 Å². The summed E-state index contributed by atoms with van der Waals surface area (Å²) in [6.45, 7) is 5.47. The van der Waals surface area contributed by atoms with Crippen molar-refractivity contribution < 1.29 is 9.53 Å². The summed E-state index contributed by atoms with van der Waals surface area (Å²) in [5, 5.41) is 4.47. The van der Waals surface area contributed by atoms with Gasteiger partial charge in [0, 0.05) is 17.8 Å². The van der Waals surface area contributed by atoms with Crippen molar-refractivity contribution >= 4 is 33.3 Å². The second kappa shape index (κ2) is 6.18. The number of aryl methyl sites for hydroxylation is 2. The first kappa shape index (κ1) is 15.2. The number of thiophene rings is 1. The topological polar surface area (TPSA) is 90.1 Å². The summed E-state index contributed by atoms with van der Waals surface area (Å²) >= 11 is 1.68. The number of nitrogens with zero attached hydrogens (tertiary/aromatic N) is 2. The lowest BCUT2D eigenvalue weighted by molar-refractivity contribution is -0.118. The van der Waals surface area contributed by atoms with Crippen LogP contribution in [0.4, 0.5) is 5.82 Å². The van der Waals surface area contributed by atoms with Gasteiger partial charge in [0.15, 0.2) is 0 Å². The summed E-state index contributed by atoms with van der Waals surface area (Å²) in [6, 6.07) is 0. The molecule has 0 aromatic carbocycles. The highest BCUT2D eigenvalue weighted by Gasteiger charge is 2.26. The lowest BCUT2D eigenvalue weighted by Gasteiger charge is -2.12. The van der Waals surface area contributed by atoms with E-state index in [1.54, 1.807) is 17.7 Å². The number of fused-ring (bicyclic) bond motifs is 1. The first-order chi connectivity index (χ1) is 10.5. The zero-order valence-corrected chi connectivity index (χ0v) is 13.6. The van der Waals surface area contributed by atoms with E-state index < -0.39 is 0 Å². The minimum Gasteiger partial charge on any atom is -0.376 e. The fourth-order valence-electron chi connectivity index (χ4n) is 2.88. The molecule has 22 heavy (non-hydrogen) atoms. The molecule has 2 atom stereocenters. The Morgan fingerprint density at radius 2 is 2.32 bits per heavy atom. The van der Waals surface area contributed by atoms with Crippen LogP contribution < -0.4 is 11.1 Å². The third-order valence-electron chi connectivity index (χ3n) is 4.12. The Kier molecular flexibility index (Phi) is 4.26. The average Bonchev–Trinajstić information content (AvgIpc) is 3.02. The van der Waals surface area contributed by atoms with Gasteiger partial charge in [0.05, 0.1) is 18.1 Å². The van der Waals surface area contributed by atoms with E-state index >= 15 is 0 Å². The third-order valence-corrected chi connectivity index (χ3v) is 5.23. The maximum atomic E-state index is 11.0. The van der Waals surface area contributed by atoms with E-state index in [0.717, 1.165) is 22.5 Å². The molecule has 2 aromatic rings. The number of ether oxygens (including phenoxy) is 1. The molecule has 0 aliphatic carbocycles. The molecule has 0 radical (unpaired) electrons. The lowest BCUT2D eigenvalue weighted by atomic mass is 10.0. The van der Waals surface area contributed by atoms with E-state index in [2.05, 4.69) is 29.1 Å². The fourth-order valence-corrected chi connectivity index (χ4v) is 3.87. The first-order valence-electron chi connectivity index (χ1n) is 7.39. The zero-order valence-electron chi connectivity index (χ0n) is 12.8. The molecule has 1 saturated heterocycles.